The molecule has 67 heavy (non-hydrogen) atoms. The molecule has 0 radical (unpaired) electrons. The Morgan fingerprint density at radius 1 is 0.418 bits per heavy atom. The highest BCUT2D eigenvalue weighted by atomic mass is 32.1. The average Bonchev–Trinajstić information content (AvgIpc) is 3.94. The molecule has 0 fully saturated rings. The Morgan fingerprint density at radius 2 is 1.00 bits per heavy atom. The molecule has 11 aromatic rings. The summed E-state index contributed by atoms with van der Waals surface area (Å²) in [6, 6.07) is 87.9. The van der Waals surface area contributed by atoms with Crippen LogP contribution in [0.1, 0.15) is 28.2 Å². The molecule has 316 valence electrons. The normalized spacial score (nSPS) is 15.8. The highest BCUT2D eigenvalue weighted by Gasteiger charge is 2.54. The van der Waals surface area contributed by atoms with Crippen molar-refractivity contribution in [3.8, 4) is 33.4 Å². The van der Waals surface area contributed by atoms with Gasteiger partial charge in [-0.1, -0.05) is 231 Å². The Bertz CT molecular complexity index is 3670. The van der Waals surface area contributed by atoms with E-state index in [1.807, 2.05) is 11.3 Å². The van der Waals surface area contributed by atoms with Crippen molar-refractivity contribution in [1.29, 1.82) is 0 Å². The van der Waals surface area contributed by atoms with E-state index in [9.17, 15) is 0 Å². The minimum atomic E-state index is -0.427. The molecular weight excluding hydrogens is 827 g/mol. The number of hydrogen-bond acceptors (Lipinski definition) is 2. The van der Waals surface area contributed by atoms with Gasteiger partial charge in [0, 0.05) is 43.3 Å². The lowest BCUT2D eigenvalue weighted by Gasteiger charge is -2.38. The zero-order chi connectivity index (χ0) is 44.3. The number of fused-ring (bicyclic) bond motifs is 7. The van der Waals surface area contributed by atoms with Gasteiger partial charge in [0.25, 0.3) is 0 Å². The summed E-state index contributed by atoms with van der Waals surface area (Å²) in [5.41, 5.74) is 15.6. The van der Waals surface area contributed by atoms with E-state index in [4.69, 9.17) is 0 Å². The third-order valence-corrected chi connectivity index (χ3v) is 15.6. The molecule has 0 bridgehead atoms. The zero-order valence-corrected chi connectivity index (χ0v) is 37.7. The highest BCUT2D eigenvalue weighted by Crippen LogP contribution is 2.62. The van der Waals surface area contributed by atoms with Crippen LogP contribution in [0.4, 0.5) is 17.1 Å². The number of para-hydroxylation sites is 1. The smallest absolute Gasteiger partial charge is 0.0540 e. The second kappa shape index (κ2) is 16.1. The first kappa shape index (κ1) is 39.3. The second-order valence-corrected chi connectivity index (χ2v) is 18.9. The van der Waals surface area contributed by atoms with Crippen LogP contribution in [0.5, 0.6) is 0 Å². The van der Waals surface area contributed by atoms with E-state index >= 15 is 0 Å². The Morgan fingerprint density at radius 3 is 1.81 bits per heavy atom. The van der Waals surface area contributed by atoms with E-state index in [1.54, 1.807) is 0 Å². The maximum Gasteiger partial charge on any atom is 0.0540 e. The Hall–Kier alpha value is -8.04. The van der Waals surface area contributed by atoms with Crippen molar-refractivity contribution >= 4 is 59.3 Å². The summed E-state index contributed by atoms with van der Waals surface area (Å²) in [6.45, 7) is 0. The van der Waals surface area contributed by atoms with Crippen LogP contribution >= 0.6 is 11.3 Å². The van der Waals surface area contributed by atoms with Crippen LogP contribution in [0.15, 0.2) is 261 Å². The number of benzene rings is 10. The van der Waals surface area contributed by atoms with E-state index in [1.165, 1.54) is 92.3 Å². The molecule has 2 unspecified atom stereocenters. The van der Waals surface area contributed by atoms with Gasteiger partial charge in [0.1, 0.15) is 0 Å². The van der Waals surface area contributed by atoms with Crippen LogP contribution in [-0.2, 0) is 5.41 Å². The van der Waals surface area contributed by atoms with Crippen molar-refractivity contribution < 1.29 is 0 Å². The van der Waals surface area contributed by atoms with Crippen molar-refractivity contribution in [2.75, 3.05) is 4.90 Å². The lowest BCUT2D eigenvalue weighted by Crippen LogP contribution is -2.34. The fourth-order valence-corrected chi connectivity index (χ4v) is 12.9. The summed E-state index contributed by atoms with van der Waals surface area (Å²) in [4.78, 5) is 2.59. The first-order valence-corrected chi connectivity index (χ1v) is 24.2. The summed E-state index contributed by atoms with van der Waals surface area (Å²) in [7, 11) is 0. The quantitative estimate of drug-likeness (QED) is 0.147. The van der Waals surface area contributed by atoms with Crippen LogP contribution in [0.25, 0.3) is 64.3 Å². The molecule has 2 aliphatic rings. The van der Waals surface area contributed by atoms with E-state index in [2.05, 4.69) is 266 Å². The molecule has 13 rings (SSSR count). The van der Waals surface area contributed by atoms with Gasteiger partial charge in [0.15, 0.2) is 0 Å². The molecule has 2 aliphatic carbocycles. The zero-order valence-electron chi connectivity index (χ0n) is 36.8. The molecule has 1 aromatic heterocycles. The number of thiophene rings is 1. The van der Waals surface area contributed by atoms with Gasteiger partial charge in [0.05, 0.1) is 16.8 Å². The minimum Gasteiger partial charge on any atom is -0.310 e. The Labute approximate surface area is 395 Å². The van der Waals surface area contributed by atoms with Crippen molar-refractivity contribution in [3.63, 3.8) is 0 Å². The average molecular weight is 872 g/mol. The molecule has 2 atom stereocenters. The second-order valence-electron chi connectivity index (χ2n) is 17.9. The molecular formula is C65H45NS. The number of nitrogens with zero attached hydrogens (tertiary/aromatic N) is 1. The molecule has 0 aliphatic heterocycles. The number of rotatable bonds is 8. The Balaban J connectivity index is 1.11. The molecule has 0 saturated carbocycles. The summed E-state index contributed by atoms with van der Waals surface area (Å²) < 4.78 is 2.63. The maximum atomic E-state index is 2.59. The molecule has 10 aromatic carbocycles. The number of allylic oxidation sites excluding steroid dienone is 4. The largest absolute Gasteiger partial charge is 0.310 e. The SMILES string of the molecule is C1=CC2c3c(N(c4cccc(-c5cccc6c5sc5ccccc56)c4)c4ccccc4-c4cccc5cccc(-c6ccccc6)c45)cccc3C(c3ccccc3)(c3ccccc3)C2C=C1. The summed E-state index contributed by atoms with van der Waals surface area (Å²) >= 11 is 1.89. The topological polar surface area (TPSA) is 3.24 Å². The fraction of sp³-hybridized carbons (Fsp3) is 0.0462. The summed E-state index contributed by atoms with van der Waals surface area (Å²) in [6.07, 6.45) is 9.46. The van der Waals surface area contributed by atoms with E-state index in [0.717, 1.165) is 11.4 Å². The van der Waals surface area contributed by atoms with E-state index in [0.29, 0.717) is 0 Å². The number of anilines is 3. The maximum absolute atomic E-state index is 2.59. The predicted molar refractivity (Wildman–Crippen MR) is 285 cm³/mol. The summed E-state index contributed by atoms with van der Waals surface area (Å²) in [5, 5.41) is 5.08. The number of hydrogen-bond donors (Lipinski definition) is 0. The van der Waals surface area contributed by atoms with Crippen LogP contribution < -0.4 is 4.90 Å². The molecule has 1 heterocycles. The van der Waals surface area contributed by atoms with Gasteiger partial charge in [-0.15, -0.1) is 11.3 Å². The van der Waals surface area contributed by atoms with E-state index < -0.39 is 5.41 Å². The summed E-state index contributed by atoms with van der Waals surface area (Å²) in [5.74, 6) is 0.267. The van der Waals surface area contributed by atoms with Gasteiger partial charge in [0.2, 0.25) is 0 Å². The molecule has 0 spiro atoms. The monoisotopic (exact) mass is 871 g/mol. The fourth-order valence-electron chi connectivity index (χ4n) is 11.7. The molecule has 0 saturated heterocycles. The standard InChI is InChI=1S/C65H45NS/c1-4-21-44(22-5-1)50-34-17-23-45-24-18-36-54(62(45)50)52-31-11-14-40-59(52)66(49-30-16-25-46(43-49)51-35-19-37-55-53-32-12-15-42-61(53)67-64(51)55)60-41-20-39-58-63(60)56-33-10-13-38-57(56)65(58,47-26-6-2-7-27-47)48-28-8-3-9-29-48/h1-43,56-57H. The molecule has 0 amide bonds. The molecule has 0 N–H and O–H groups in total. The first-order chi connectivity index (χ1) is 33.3. The van der Waals surface area contributed by atoms with Gasteiger partial charge in [-0.05, 0) is 91.2 Å². The van der Waals surface area contributed by atoms with Gasteiger partial charge in [-0.3, -0.25) is 0 Å². The van der Waals surface area contributed by atoms with Crippen molar-refractivity contribution in [2.45, 2.75) is 11.3 Å². The third kappa shape index (κ3) is 6.21. The van der Waals surface area contributed by atoms with Crippen molar-refractivity contribution in [1.82, 2.24) is 0 Å². The van der Waals surface area contributed by atoms with Crippen LogP contribution in [0, 0.1) is 5.92 Å². The van der Waals surface area contributed by atoms with Gasteiger partial charge in [-0.2, -0.15) is 0 Å². The van der Waals surface area contributed by atoms with Crippen molar-refractivity contribution in [2.24, 2.45) is 5.92 Å². The molecule has 1 nitrogen and oxygen atoms in total. The first-order valence-electron chi connectivity index (χ1n) is 23.3. The highest BCUT2D eigenvalue weighted by molar-refractivity contribution is 7.26. The van der Waals surface area contributed by atoms with Gasteiger partial charge < -0.3 is 4.90 Å². The van der Waals surface area contributed by atoms with Gasteiger partial charge in [-0.25, -0.2) is 0 Å². The minimum absolute atomic E-state index is 0.115. The predicted octanol–water partition coefficient (Wildman–Crippen LogP) is 17.9. The van der Waals surface area contributed by atoms with Crippen LogP contribution in [0.2, 0.25) is 0 Å². The van der Waals surface area contributed by atoms with Crippen LogP contribution in [-0.4, -0.2) is 0 Å². The van der Waals surface area contributed by atoms with E-state index in [-0.39, 0.29) is 11.8 Å². The third-order valence-electron chi connectivity index (χ3n) is 14.4. The lowest BCUT2D eigenvalue weighted by atomic mass is 9.63. The van der Waals surface area contributed by atoms with Crippen LogP contribution in [0.3, 0.4) is 0 Å². The lowest BCUT2D eigenvalue weighted by molar-refractivity contribution is 0.457. The Kier molecular flexibility index (Phi) is 9.47. The van der Waals surface area contributed by atoms with Gasteiger partial charge >= 0.3 is 0 Å². The van der Waals surface area contributed by atoms with Crippen molar-refractivity contribution in [3.05, 3.63) is 283 Å². The molecule has 2 heteroatoms.